The van der Waals surface area contributed by atoms with E-state index in [1.54, 1.807) is 29.9 Å². The maximum Gasteiger partial charge on any atom is 0.276 e. The van der Waals surface area contributed by atoms with Crippen molar-refractivity contribution < 1.29 is 4.79 Å². The fourth-order valence-electron chi connectivity index (χ4n) is 1.84. The summed E-state index contributed by atoms with van der Waals surface area (Å²) in [6.45, 7) is 4.14. The van der Waals surface area contributed by atoms with Gasteiger partial charge in [-0.3, -0.25) is 9.48 Å². The second-order valence-electron chi connectivity index (χ2n) is 3.99. The Labute approximate surface area is 96.2 Å². The molecule has 0 aliphatic heterocycles. The Hall–Kier alpha value is -1.52. The molecule has 0 spiro atoms. The predicted molar refractivity (Wildman–Crippen MR) is 64.1 cm³/mol. The molecule has 0 atom stereocenters. The van der Waals surface area contributed by atoms with Crippen molar-refractivity contribution in [1.82, 2.24) is 14.7 Å². The Balaban J connectivity index is 2.89. The van der Waals surface area contributed by atoms with Gasteiger partial charge in [-0.2, -0.15) is 5.10 Å². The molecule has 16 heavy (non-hydrogen) atoms. The number of nitrogen functional groups attached to an aromatic ring is 1. The van der Waals surface area contributed by atoms with Crippen LogP contribution in [0.25, 0.3) is 0 Å². The molecule has 2 N–H and O–H groups in total. The van der Waals surface area contributed by atoms with Crippen LogP contribution in [0.15, 0.2) is 6.20 Å². The fourth-order valence-corrected chi connectivity index (χ4v) is 1.84. The number of anilines is 1. The summed E-state index contributed by atoms with van der Waals surface area (Å²) >= 11 is 0. The Bertz CT molecular complexity index is 368. The van der Waals surface area contributed by atoms with E-state index >= 15 is 0 Å². The first kappa shape index (κ1) is 12.5. The molecule has 0 fully saturated rings. The van der Waals surface area contributed by atoms with Crippen molar-refractivity contribution in [2.24, 2.45) is 7.05 Å². The first-order valence-corrected chi connectivity index (χ1v) is 5.57. The molecule has 1 aromatic rings. The van der Waals surface area contributed by atoms with Crippen LogP contribution in [0.4, 0.5) is 5.69 Å². The molecular formula is C11H20N4O. The summed E-state index contributed by atoms with van der Waals surface area (Å²) in [6.07, 6.45) is 3.52. The maximum absolute atomic E-state index is 12.1. The van der Waals surface area contributed by atoms with Crippen LogP contribution in [0.2, 0.25) is 0 Å². The zero-order valence-corrected chi connectivity index (χ0v) is 10.4. The SMILES string of the molecule is CCC(CC)N(C)C(=O)c1nn(C)cc1N. The van der Waals surface area contributed by atoms with Crippen molar-refractivity contribution in [1.29, 1.82) is 0 Å². The lowest BCUT2D eigenvalue weighted by molar-refractivity contribution is 0.0718. The second kappa shape index (κ2) is 5.01. The van der Waals surface area contributed by atoms with Crippen molar-refractivity contribution in [3.63, 3.8) is 0 Å². The molecule has 0 unspecified atom stereocenters. The van der Waals surface area contributed by atoms with Gasteiger partial charge in [0.25, 0.3) is 5.91 Å². The number of hydrogen-bond acceptors (Lipinski definition) is 3. The zero-order chi connectivity index (χ0) is 12.3. The Morgan fingerprint density at radius 3 is 2.50 bits per heavy atom. The number of amides is 1. The van der Waals surface area contributed by atoms with E-state index in [-0.39, 0.29) is 11.9 Å². The molecule has 5 nitrogen and oxygen atoms in total. The lowest BCUT2D eigenvalue weighted by atomic mass is 10.1. The van der Waals surface area contributed by atoms with Crippen LogP contribution >= 0.6 is 0 Å². The van der Waals surface area contributed by atoms with E-state index in [1.165, 1.54) is 0 Å². The molecular weight excluding hydrogens is 204 g/mol. The second-order valence-corrected chi connectivity index (χ2v) is 3.99. The Kier molecular flexibility index (Phi) is 3.93. The van der Waals surface area contributed by atoms with Crippen molar-refractivity contribution >= 4 is 11.6 Å². The molecule has 1 amide bonds. The van der Waals surface area contributed by atoms with Crippen LogP contribution < -0.4 is 5.73 Å². The van der Waals surface area contributed by atoms with Crippen LogP contribution in [-0.2, 0) is 7.05 Å². The summed E-state index contributed by atoms with van der Waals surface area (Å²) in [5.74, 6) is -0.105. The number of nitrogens with zero attached hydrogens (tertiary/aromatic N) is 3. The van der Waals surface area contributed by atoms with E-state index in [2.05, 4.69) is 18.9 Å². The van der Waals surface area contributed by atoms with Crippen molar-refractivity contribution in [3.8, 4) is 0 Å². The highest BCUT2D eigenvalue weighted by atomic mass is 16.2. The van der Waals surface area contributed by atoms with Crippen LogP contribution in [0.1, 0.15) is 37.2 Å². The number of carbonyl (C=O) groups excluding carboxylic acids is 1. The molecule has 1 heterocycles. The molecule has 0 saturated carbocycles. The van der Waals surface area contributed by atoms with E-state index in [1.807, 2.05) is 0 Å². The van der Waals surface area contributed by atoms with E-state index in [0.717, 1.165) is 12.8 Å². The number of carbonyl (C=O) groups is 1. The van der Waals surface area contributed by atoms with Crippen molar-refractivity contribution in [2.45, 2.75) is 32.7 Å². The third-order valence-electron chi connectivity index (χ3n) is 2.87. The van der Waals surface area contributed by atoms with Gasteiger partial charge in [0, 0.05) is 26.3 Å². The fraction of sp³-hybridized carbons (Fsp3) is 0.636. The molecule has 0 aliphatic carbocycles. The van der Waals surface area contributed by atoms with Gasteiger partial charge >= 0.3 is 0 Å². The summed E-state index contributed by atoms with van der Waals surface area (Å²) in [5, 5.41) is 4.08. The average molecular weight is 224 g/mol. The van der Waals surface area contributed by atoms with E-state index < -0.39 is 0 Å². The van der Waals surface area contributed by atoms with Crippen molar-refractivity contribution in [2.75, 3.05) is 12.8 Å². The minimum Gasteiger partial charge on any atom is -0.396 e. The smallest absolute Gasteiger partial charge is 0.276 e. The van der Waals surface area contributed by atoms with Crippen LogP contribution in [0, 0.1) is 0 Å². The third kappa shape index (κ3) is 2.35. The Morgan fingerprint density at radius 2 is 2.12 bits per heavy atom. The maximum atomic E-state index is 12.1. The minimum atomic E-state index is -0.105. The third-order valence-corrected chi connectivity index (χ3v) is 2.87. The average Bonchev–Trinajstić information content (AvgIpc) is 2.58. The van der Waals surface area contributed by atoms with Gasteiger partial charge < -0.3 is 10.6 Å². The lowest BCUT2D eigenvalue weighted by Gasteiger charge is -2.25. The molecule has 0 aliphatic rings. The number of rotatable bonds is 4. The summed E-state index contributed by atoms with van der Waals surface area (Å²) < 4.78 is 1.56. The van der Waals surface area contributed by atoms with Gasteiger partial charge in [-0.05, 0) is 12.8 Å². The monoisotopic (exact) mass is 224 g/mol. The van der Waals surface area contributed by atoms with Gasteiger partial charge in [-0.1, -0.05) is 13.8 Å². The first-order valence-electron chi connectivity index (χ1n) is 5.57. The summed E-state index contributed by atoms with van der Waals surface area (Å²) in [5.41, 5.74) is 6.51. The predicted octanol–water partition coefficient (Wildman–Crippen LogP) is 1.26. The molecule has 0 saturated heterocycles. The van der Waals surface area contributed by atoms with Gasteiger partial charge in [0.05, 0.1) is 5.69 Å². The van der Waals surface area contributed by atoms with Crippen LogP contribution in [0.5, 0.6) is 0 Å². The number of aryl methyl sites for hydroxylation is 1. The molecule has 90 valence electrons. The summed E-state index contributed by atoms with van der Waals surface area (Å²) in [4.78, 5) is 13.8. The first-order chi connectivity index (χ1) is 7.51. The highest BCUT2D eigenvalue weighted by Crippen LogP contribution is 2.14. The number of hydrogen-bond donors (Lipinski definition) is 1. The highest BCUT2D eigenvalue weighted by molar-refractivity contribution is 5.97. The summed E-state index contributed by atoms with van der Waals surface area (Å²) in [7, 11) is 3.55. The summed E-state index contributed by atoms with van der Waals surface area (Å²) in [6, 6.07) is 0.244. The largest absolute Gasteiger partial charge is 0.396 e. The van der Waals surface area contributed by atoms with Gasteiger partial charge in [-0.25, -0.2) is 0 Å². The molecule has 1 rings (SSSR count). The number of nitrogens with two attached hydrogens (primary N) is 1. The zero-order valence-electron chi connectivity index (χ0n) is 10.4. The normalized spacial score (nSPS) is 10.8. The number of aromatic nitrogens is 2. The van der Waals surface area contributed by atoms with Crippen LogP contribution in [-0.4, -0.2) is 33.7 Å². The molecule has 0 radical (unpaired) electrons. The van der Waals surface area contributed by atoms with Gasteiger partial charge in [-0.15, -0.1) is 0 Å². The highest BCUT2D eigenvalue weighted by Gasteiger charge is 2.22. The molecule has 0 aromatic carbocycles. The standard InChI is InChI=1S/C11H20N4O/c1-5-8(6-2)15(4)11(16)10-9(12)7-14(3)13-10/h7-8H,5-6,12H2,1-4H3. The topological polar surface area (TPSA) is 64.2 Å². The lowest BCUT2D eigenvalue weighted by Crippen LogP contribution is -2.36. The Morgan fingerprint density at radius 1 is 1.56 bits per heavy atom. The minimum absolute atomic E-state index is 0.105. The molecule has 5 heteroatoms. The van der Waals surface area contributed by atoms with Gasteiger partial charge in [0.1, 0.15) is 0 Å². The van der Waals surface area contributed by atoms with Gasteiger partial charge in [0.15, 0.2) is 5.69 Å². The molecule has 1 aromatic heterocycles. The van der Waals surface area contributed by atoms with Gasteiger partial charge in [0.2, 0.25) is 0 Å². The van der Waals surface area contributed by atoms with E-state index in [4.69, 9.17) is 5.73 Å². The van der Waals surface area contributed by atoms with Crippen molar-refractivity contribution in [3.05, 3.63) is 11.9 Å². The quantitative estimate of drug-likeness (QED) is 0.837. The van der Waals surface area contributed by atoms with Crippen LogP contribution in [0.3, 0.4) is 0 Å². The van der Waals surface area contributed by atoms with E-state index in [0.29, 0.717) is 11.4 Å². The molecule has 0 bridgehead atoms. The van der Waals surface area contributed by atoms with E-state index in [9.17, 15) is 4.79 Å².